The number of nitrogens with zero attached hydrogens (tertiary/aromatic N) is 1. The summed E-state index contributed by atoms with van der Waals surface area (Å²) < 4.78 is 0. The van der Waals surface area contributed by atoms with Crippen LogP contribution in [0.15, 0.2) is 17.4 Å². The Labute approximate surface area is 55.8 Å². The minimum absolute atomic E-state index is 1.03. The summed E-state index contributed by atoms with van der Waals surface area (Å²) in [5.74, 6) is 0. The Morgan fingerprint density at radius 2 is 2.33 bits per heavy atom. The molecule has 3 nitrogen and oxygen atoms in total. The third-order valence-electron chi connectivity index (χ3n) is 0.696. The zero-order chi connectivity index (χ0) is 6.95. The standard InChI is InChI=1S/C6H13N3/c1-3-4-5-8-9-6-7-2/h4-6,8H,3H2,1-2H3,(H,7,9)/b5-4+. The fraction of sp³-hybridized carbons (Fsp3) is 0.500. The van der Waals surface area contributed by atoms with Gasteiger partial charge in [0.2, 0.25) is 0 Å². The molecule has 0 unspecified atom stereocenters. The van der Waals surface area contributed by atoms with Crippen molar-refractivity contribution in [3.63, 3.8) is 0 Å². The lowest BCUT2D eigenvalue weighted by molar-refractivity contribution is 0.947. The molecule has 9 heavy (non-hydrogen) atoms. The van der Waals surface area contributed by atoms with Gasteiger partial charge < -0.3 is 5.32 Å². The fourth-order valence-corrected chi connectivity index (χ4v) is 0.315. The molecular weight excluding hydrogens is 114 g/mol. The van der Waals surface area contributed by atoms with E-state index in [0.29, 0.717) is 0 Å². The molecule has 0 atom stereocenters. The summed E-state index contributed by atoms with van der Waals surface area (Å²) in [7, 11) is 1.80. The van der Waals surface area contributed by atoms with E-state index in [4.69, 9.17) is 0 Å². The van der Waals surface area contributed by atoms with E-state index < -0.39 is 0 Å². The number of hydrazone groups is 1. The molecule has 0 rings (SSSR count). The van der Waals surface area contributed by atoms with Crippen LogP contribution in [0.2, 0.25) is 0 Å². The maximum Gasteiger partial charge on any atom is 0.108 e. The second kappa shape index (κ2) is 7.01. The summed E-state index contributed by atoms with van der Waals surface area (Å²) in [5.41, 5.74) is 2.71. The van der Waals surface area contributed by atoms with Crippen molar-refractivity contribution in [1.29, 1.82) is 0 Å². The molecule has 0 aliphatic rings. The first kappa shape index (κ1) is 8.01. The van der Waals surface area contributed by atoms with E-state index in [9.17, 15) is 0 Å². The van der Waals surface area contributed by atoms with Gasteiger partial charge in [-0.05, 0) is 6.42 Å². The monoisotopic (exact) mass is 127 g/mol. The number of rotatable bonds is 4. The molecule has 0 spiro atoms. The van der Waals surface area contributed by atoms with Gasteiger partial charge in [-0.3, -0.25) is 5.43 Å². The maximum absolute atomic E-state index is 3.75. The van der Waals surface area contributed by atoms with Gasteiger partial charge >= 0.3 is 0 Å². The minimum Gasteiger partial charge on any atom is -0.378 e. The highest BCUT2D eigenvalue weighted by Crippen LogP contribution is 1.73. The van der Waals surface area contributed by atoms with Gasteiger partial charge in [-0.25, -0.2) is 0 Å². The molecule has 0 heterocycles. The lowest BCUT2D eigenvalue weighted by atomic mass is 10.5. The van der Waals surface area contributed by atoms with Crippen molar-refractivity contribution in [1.82, 2.24) is 10.7 Å². The van der Waals surface area contributed by atoms with Gasteiger partial charge in [0.05, 0.1) is 0 Å². The van der Waals surface area contributed by atoms with Crippen molar-refractivity contribution < 1.29 is 0 Å². The lowest BCUT2D eigenvalue weighted by Gasteiger charge is -1.87. The van der Waals surface area contributed by atoms with Gasteiger partial charge in [0.25, 0.3) is 0 Å². The third-order valence-corrected chi connectivity index (χ3v) is 0.696. The molecule has 0 aliphatic heterocycles. The Hall–Kier alpha value is -0.990. The highest BCUT2D eigenvalue weighted by molar-refractivity contribution is 5.53. The van der Waals surface area contributed by atoms with E-state index in [-0.39, 0.29) is 0 Å². The van der Waals surface area contributed by atoms with Crippen molar-refractivity contribution in [2.45, 2.75) is 13.3 Å². The van der Waals surface area contributed by atoms with Gasteiger partial charge in [-0.1, -0.05) is 13.0 Å². The molecule has 0 radical (unpaired) electrons. The van der Waals surface area contributed by atoms with Crippen LogP contribution in [0.3, 0.4) is 0 Å². The lowest BCUT2D eigenvalue weighted by Crippen LogP contribution is -2.04. The predicted molar refractivity (Wildman–Crippen MR) is 40.1 cm³/mol. The van der Waals surface area contributed by atoms with Crippen LogP contribution >= 0.6 is 0 Å². The summed E-state index contributed by atoms with van der Waals surface area (Å²) in [5, 5.41) is 6.51. The van der Waals surface area contributed by atoms with Gasteiger partial charge in [0, 0.05) is 13.2 Å². The Morgan fingerprint density at radius 3 is 2.89 bits per heavy atom. The first-order chi connectivity index (χ1) is 4.41. The van der Waals surface area contributed by atoms with E-state index >= 15 is 0 Å². The summed E-state index contributed by atoms with van der Waals surface area (Å²) in [6.07, 6.45) is 6.41. The second-order valence-corrected chi connectivity index (χ2v) is 1.49. The highest BCUT2D eigenvalue weighted by Gasteiger charge is 1.63. The topological polar surface area (TPSA) is 36.4 Å². The number of hydrogen-bond donors (Lipinski definition) is 2. The van der Waals surface area contributed by atoms with Crippen molar-refractivity contribution in [3.8, 4) is 0 Å². The van der Waals surface area contributed by atoms with Crippen LogP contribution in [0.4, 0.5) is 0 Å². The molecule has 0 aromatic heterocycles. The Balaban J connectivity index is 3.08. The van der Waals surface area contributed by atoms with Crippen molar-refractivity contribution >= 4 is 6.34 Å². The Bertz CT molecular complexity index is 84.5. The zero-order valence-electron chi connectivity index (χ0n) is 5.89. The second-order valence-electron chi connectivity index (χ2n) is 1.49. The van der Waals surface area contributed by atoms with Crippen molar-refractivity contribution in [2.24, 2.45) is 5.10 Å². The first-order valence-electron chi connectivity index (χ1n) is 3.01. The summed E-state index contributed by atoms with van der Waals surface area (Å²) in [4.78, 5) is 0. The van der Waals surface area contributed by atoms with Gasteiger partial charge in [0.15, 0.2) is 0 Å². The molecule has 0 fully saturated rings. The van der Waals surface area contributed by atoms with E-state index in [1.165, 1.54) is 0 Å². The van der Waals surface area contributed by atoms with E-state index in [2.05, 4.69) is 22.8 Å². The van der Waals surface area contributed by atoms with Crippen LogP contribution < -0.4 is 10.7 Å². The van der Waals surface area contributed by atoms with Crippen molar-refractivity contribution in [3.05, 3.63) is 12.3 Å². The minimum atomic E-state index is 1.03. The number of hydrogen-bond acceptors (Lipinski definition) is 2. The Kier molecular flexibility index (Phi) is 6.24. The smallest absolute Gasteiger partial charge is 0.108 e. The Morgan fingerprint density at radius 1 is 1.56 bits per heavy atom. The third kappa shape index (κ3) is 7.01. The maximum atomic E-state index is 3.75. The summed E-state index contributed by atoms with van der Waals surface area (Å²) >= 11 is 0. The molecule has 0 saturated carbocycles. The fourth-order valence-electron chi connectivity index (χ4n) is 0.315. The van der Waals surface area contributed by atoms with Crippen LogP contribution in [-0.2, 0) is 0 Å². The van der Waals surface area contributed by atoms with Gasteiger partial charge in [-0.15, -0.1) is 0 Å². The average Bonchev–Trinajstić information content (AvgIpc) is 1.89. The van der Waals surface area contributed by atoms with E-state index in [0.717, 1.165) is 6.42 Å². The van der Waals surface area contributed by atoms with Crippen molar-refractivity contribution in [2.75, 3.05) is 7.05 Å². The SMILES string of the molecule is CC/C=C/N/N=C\NC. The molecule has 52 valence electrons. The van der Waals surface area contributed by atoms with Crippen LogP contribution in [0.25, 0.3) is 0 Å². The highest BCUT2D eigenvalue weighted by atomic mass is 15.3. The van der Waals surface area contributed by atoms with E-state index in [1.54, 1.807) is 19.6 Å². The molecule has 0 bridgehead atoms. The largest absolute Gasteiger partial charge is 0.378 e. The summed E-state index contributed by atoms with van der Waals surface area (Å²) in [6.45, 7) is 2.07. The zero-order valence-corrected chi connectivity index (χ0v) is 5.89. The molecule has 3 heteroatoms. The molecule has 0 aromatic rings. The van der Waals surface area contributed by atoms with Crippen LogP contribution in [-0.4, -0.2) is 13.4 Å². The number of allylic oxidation sites excluding steroid dienone is 1. The number of nitrogens with one attached hydrogen (secondary N) is 2. The quantitative estimate of drug-likeness (QED) is 0.331. The van der Waals surface area contributed by atoms with Gasteiger partial charge in [0.1, 0.15) is 6.34 Å². The van der Waals surface area contributed by atoms with Gasteiger partial charge in [-0.2, -0.15) is 5.10 Å². The van der Waals surface area contributed by atoms with Crippen LogP contribution in [0, 0.1) is 0 Å². The van der Waals surface area contributed by atoms with Crippen LogP contribution in [0.5, 0.6) is 0 Å². The molecule has 0 aromatic carbocycles. The summed E-state index contributed by atoms with van der Waals surface area (Å²) in [6, 6.07) is 0. The predicted octanol–water partition coefficient (Wildman–Crippen LogP) is 0.662. The molecule has 2 N–H and O–H groups in total. The van der Waals surface area contributed by atoms with E-state index in [1.807, 2.05) is 6.08 Å². The van der Waals surface area contributed by atoms with Crippen LogP contribution in [0.1, 0.15) is 13.3 Å². The average molecular weight is 127 g/mol. The molecular formula is C6H13N3. The normalized spacial score (nSPS) is 10.9. The molecule has 0 amide bonds. The molecule has 0 aliphatic carbocycles. The first-order valence-corrected chi connectivity index (χ1v) is 3.01. The molecule has 0 saturated heterocycles.